The van der Waals surface area contributed by atoms with Gasteiger partial charge in [-0.05, 0) is 30.3 Å². The Morgan fingerprint density at radius 1 is 0.941 bits per heavy atom. The Kier molecular flexibility index (Phi) is 3.60. The summed E-state index contributed by atoms with van der Waals surface area (Å²) < 4.78 is 23.8. The molecule has 0 fully saturated rings. The molecule has 0 radical (unpaired) electrons. The van der Waals surface area contributed by atoms with Crippen LogP contribution in [0, 0.1) is 5.82 Å². The quantitative estimate of drug-likeness (QED) is 0.804. The lowest BCUT2D eigenvalue weighted by atomic mass is 10.2. The Hall–Kier alpha value is -2.03. The largest absolute Gasteiger partial charge is 0.497 e. The average molecular weight is 232 g/mol. The van der Waals surface area contributed by atoms with Crippen molar-refractivity contribution in [3.63, 3.8) is 0 Å². The summed E-state index contributed by atoms with van der Waals surface area (Å²) in [6.07, 6.45) is 0. The van der Waals surface area contributed by atoms with E-state index in [4.69, 9.17) is 9.47 Å². The van der Waals surface area contributed by atoms with Gasteiger partial charge in [-0.15, -0.1) is 0 Å². The van der Waals surface area contributed by atoms with E-state index in [-0.39, 0.29) is 12.4 Å². The second-order valence-corrected chi connectivity index (χ2v) is 3.56. The fourth-order valence-electron chi connectivity index (χ4n) is 1.45. The van der Waals surface area contributed by atoms with Crippen molar-refractivity contribution in [3.8, 4) is 11.5 Å². The first-order valence-electron chi connectivity index (χ1n) is 5.30. The fourth-order valence-corrected chi connectivity index (χ4v) is 1.45. The summed E-state index contributed by atoms with van der Waals surface area (Å²) >= 11 is 0. The van der Waals surface area contributed by atoms with Gasteiger partial charge in [0, 0.05) is 5.56 Å². The smallest absolute Gasteiger partial charge is 0.129 e. The Labute approximate surface area is 99.6 Å². The second-order valence-electron chi connectivity index (χ2n) is 3.56. The SMILES string of the molecule is COc1ccc(OCc2ccccc2F)cc1. The first-order chi connectivity index (χ1) is 8.29. The zero-order chi connectivity index (χ0) is 12.1. The van der Waals surface area contributed by atoms with Crippen LogP contribution in [0.2, 0.25) is 0 Å². The molecule has 2 aromatic rings. The number of ether oxygens (including phenoxy) is 2. The van der Waals surface area contributed by atoms with E-state index in [0.29, 0.717) is 11.3 Å². The van der Waals surface area contributed by atoms with Crippen LogP contribution in [0.25, 0.3) is 0 Å². The van der Waals surface area contributed by atoms with Crippen molar-refractivity contribution in [2.45, 2.75) is 6.61 Å². The molecule has 0 unspecified atom stereocenters. The second kappa shape index (κ2) is 5.34. The minimum Gasteiger partial charge on any atom is -0.497 e. The molecule has 0 heterocycles. The molecule has 2 rings (SSSR count). The summed E-state index contributed by atoms with van der Waals surface area (Å²) in [7, 11) is 1.61. The van der Waals surface area contributed by atoms with Gasteiger partial charge in [-0.1, -0.05) is 18.2 Å². The lowest BCUT2D eigenvalue weighted by Crippen LogP contribution is -1.98. The van der Waals surface area contributed by atoms with Gasteiger partial charge in [0.15, 0.2) is 0 Å². The first-order valence-corrected chi connectivity index (χ1v) is 5.30. The van der Waals surface area contributed by atoms with Crippen molar-refractivity contribution in [3.05, 3.63) is 59.9 Å². The fraction of sp³-hybridized carbons (Fsp3) is 0.143. The highest BCUT2D eigenvalue weighted by molar-refractivity contribution is 5.31. The number of methoxy groups -OCH3 is 1. The van der Waals surface area contributed by atoms with Gasteiger partial charge in [0.05, 0.1) is 7.11 Å². The first kappa shape index (κ1) is 11.5. The average Bonchev–Trinajstić information content (AvgIpc) is 2.38. The van der Waals surface area contributed by atoms with Gasteiger partial charge in [0.25, 0.3) is 0 Å². The van der Waals surface area contributed by atoms with Gasteiger partial charge < -0.3 is 9.47 Å². The molecule has 0 saturated heterocycles. The topological polar surface area (TPSA) is 18.5 Å². The molecule has 88 valence electrons. The van der Waals surface area contributed by atoms with E-state index in [1.54, 1.807) is 49.6 Å². The zero-order valence-electron chi connectivity index (χ0n) is 9.52. The van der Waals surface area contributed by atoms with Crippen molar-refractivity contribution >= 4 is 0 Å². The molecule has 2 aromatic carbocycles. The molecule has 0 aromatic heterocycles. The maximum absolute atomic E-state index is 13.3. The van der Waals surface area contributed by atoms with Crippen LogP contribution in [0.4, 0.5) is 4.39 Å². The monoisotopic (exact) mass is 232 g/mol. The molecule has 17 heavy (non-hydrogen) atoms. The van der Waals surface area contributed by atoms with Gasteiger partial charge >= 0.3 is 0 Å². The number of benzene rings is 2. The van der Waals surface area contributed by atoms with E-state index >= 15 is 0 Å². The normalized spacial score (nSPS) is 10.0. The van der Waals surface area contributed by atoms with Crippen molar-refractivity contribution < 1.29 is 13.9 Å². The Morgan fingerprint density at radius 2 is 1.59 bits per heavy atom. The number of halogens is 1. The van der Waals surface area contributed by atoms with Gasteiger partial charge in [-0.3, -0.25) is 0 Å². The molecule has 0 spiro atoms. The van der Waals surface area contributed by atoms with Crippen LogP contribution in [-0.4, -0.2) is 7.11 Å². The molecule has 0 aliphatic carbocycles. The van der Waals surface area contributed by atoms with E-state index in [0.717, 1.165) is 5.75 Å². The van der Waals surface area contributed by atoms with E-state index in [1.165, 1.54) is 6.07 Å². The zero-order valence-corrected chi connectivity index (χ0v) is 9.52. The van der Waals surface area contributed by atoms with Gasteiger partial charge in [0.1, 0.15) is 23.9 Å². The summed E-state index contributed by atoms with van der Waals surface area (Å²) in [6.45, 7) is 0.221. The van der Waals surface area contributed by atoms with Crippen LogP contribution in [0.3, 0.4) is 0 Å². The van der Waals surface area contributed by atoms with E-state index in [1.807, 2.05) is 0 Å². The molecule has 3 heteroatoms. The Balaban J connectivity index is 2.00. The van der Waals surface area contributed by atoms with Crippen LogP contribution in [0.15, 0.2) is 48.5 Å². The van der Waals surface area contributed by atoms with E-state index in [9.17, 15) is 4.39 Å². The molecule has 0 bridgehead atoms. The maximum atomic E-state index is 13.3. The summed E-state index contributed by atoms with van der Waals surface area (Å²) in [5.41, 5.74) is 0.545. The van der Waals surface area contributed by atoms with Crippen LogP contribution >= 0.6 is 0 Å². The van der Waals surface area contributed by atoms with Crippen LogP contribution in [0.5, 0.6) is 11.5 Å². The predicted molar refractivity (Wildman–Crippen MR) is 63.7 cm³/mol. The van der Waals surface area contributed by atoms with Crippen LogP contribution < -0.4 is 9.47 Å². The summed E-state index contributed by atoms with van der Waals surface area (Å²) in [6, 6.07) is 13.8. The minimum absolute atomic E-state index is 0.221. The van der Waals surface area contributed by atoms with Crippen LogP contribution in [0.1, 0.15) is 5.56 Å². The maximum Gasteiger partial charge on any atom is 0.129 e. The van der Waals surface area contributed by atoms with Crippen molar-refractivity contribution in [2.24, 2.45) is 0 Å². The lowest BCUT2D eigenvalue weighted by Gasteiger charge is -2.07. The van der Waals surface area contributed by atoms with E-state index < -0.39 is 0 Å². The highest BCUT2D eigenvalue weighted by Gasteiger charge is 2.01. The third-order valence-electron chi connectivity index (χ3n) is 2.41. The summed E-state index contributed by atoms with van der Waals surface area (Å²) in [4.78, 5) is 0. The minimum atomic E-state index is -0.249. The molecule has 0 N–H and O–H groups in total. The third-order valence-corrected chi connectivity index (χ3v) is 2.41. The number of hydrogen-bond donors (Lipinski definition) is 0. The van der Waals surface area contributed by atoms with Gasteiger partial charge in [0.2, 0.25) is 0 Å². The predicted octanol–water partition coefficient (Wildman–Crippen LogP) is 3.41. The summed E-state index contributed by atoms with van der Waals surface area (Å²) in [5, 5.41) is 0. The lowest BCUT2D eigenvalue weighted by molar-refractivity contribution is 0.299. The number of hydrogen-bond acceptors (Lipinski definition) is 2. The van der Waals surface area contributed by atoms with Crippen molar-refractivity contribution in [2.75, 3.05) is 7.11 Å². The highest BCUT2D eigenvalue weighted by Crippen LogP contribution is 2.18. The van der Waals surface area contributed by atoms with Crippen LogP contribution in [-0.2, 0) is 6.61 Å². The highest BCUT2D eigenvalue weighted by atomic mass is 19.1. The van der Waals surface area contributed by atoms with E-state index in [2.05, 4.69) is 0 Å². The molecule has 0 saturated carbocycles. The molecule has 0 atom stereocenters. The molecular formula is C14H13FO2. The third kappa shape index (κ3) is 2.97. The molecule has 0 aliphatic rings. The Bertz CT molecular complexity index is 480. The molecular weight excluding hydrogens is 219 g/mol. The van der Waals surface area contributed by atoms with Crippen molar-refractivity contribution in [1.29, 1.82) is 0 Å². The Morgan fingerprint density at radius 3 is 2.24 bits per heavy atom. The number of rotatable bonds is 4. The van der Waals surface area contributed by atoms with Gasteiger partial charge in [-0.2, -0.15) is 0 Å². The molecule has 2 nitrogen and oxygen atoms in total. The standard InChI is InChI=1S/C14H13FO2/c1-16-12-6-8-13(9-7-12)17-10-11-4-2-3-5-14(11)15/h2-9H,10H2,1H3. The molecule has 0 amide bonds. The van der Waals surface area contributed by atoms with Gasteiger partial charge in [-0.25, -0.2) is 4.39 Å². The van der Waals surface area contributed by atoms with Crippen molar-refractivity contribution in [1.82, 2.24) is 0 Å². The summed E-state index contributed by atoms with van der Waals surface area (Å²) in [5.74, 6) is 1.21. The molecule has 0 aliphatic heterocycles.